The summed E-state index contributed by atoms with van der Waals surface area (Å²) in [4.78, 5) is 0. The summed E-state index contributed by atoms with van der Waals surface area (Å²) in [5.74, 6) is 2.32. The van der Waals surface area contributed by atoms with Crippen molar-refractivity contribution >= 4 is 9.84 Å². The first-order chi connectivity index (χ1) is 4.45. The maximum absolute atomic E-state index is 10.5. The Labute approximate surface area is 61.5 Å². The summed E-state index contributed by atoms with van der Waals surface area (Å²) in [5, 5.41) is 0. The molecule has 0 saturated carbocycles. The molecule has 4 heteroatoms. The van der Waals surface area contributed by atoms with Gasteiger partial charge in [-0.2, -0.15) is 0 Å². The van der Waals surface area contributed by atoms with Crippen LogP contribution in [0.5, 0.6) is 0 Å². The highest BCUT2D eigenvalue weighted by molar-refractivity contribution is 7.90. The molecule has 0 heterocycles. The number of hydrogen-bond acceptors (Lipinski definition) is 3. The highest BCUT2D eigenvalue weighted by Crippen LogP contribution is 1.91. The lowest BCUT2D eigenvalue weighted by molar-refractivity contribution is 0.597. The molecule has 10 heavy (non-hydrogen) atoms. The van der Waals surface area contributed by atoms with Crippen LogP contribution < -0.4 is 5.73 Å². The topological polar surface area (TPSA) is 60.2 Å². The number of rotatable bonds is 3. The molecule has 0 amide bonds. The molecule has 58 valence electrons. The van der Waals surface area contributed by atoms with Gasteiger partial charge < -0.3 is 5.73 Å². The van der Waals surface area contributed by atoms with Gasteiger partial charge in [-0.3, -0.25) is 0 Å². The third kappa shape index (κ3) is 5.60. The number of nitrogens with two attached hydrogens (primary N) is 1. The van der Waals surface area contributed by atoms with E-state index in [4.69, 9.17) is 12.2 Å². The van der Waals surface area contributed by atoms with Gasteiger partial charge in [-0.05, 0) is 6.42 Å². The van der Waals surface area contributed by atoms with Gasteiger partial charge in [0.15, 0.2) is 0 Å². The van der Waals surface area contributed by atoms with Gasteiger partial charge >= 0.3 is 0 Å². The van der Waals surface area contributed by atoms with E-state index in [2.05, 4.69) is 5.92 Å². The molecule has 1 atom stereocenters. The van der Waals surface area contributed by atoms with Crippen LogP contribution in [-0.2, 0) is 9.84 Å². The molecule has 0 aromatic heterocycles. The lowest BCUT2D eigenvalue weighted by atomic mass is 10.3. The van der Waals surface area contributed by atoms with Crippen LogP contribution in [0.25, 0.3) is 0 Å². The van der Waals surface area contributed by atoms with Crippen molar-refractivity contribution in [2.24, 2.45) is 5.73 Å². The third-order valence-corrected chi connectivity index (χ3v) is 1.99. The molecule has 3 nitrogen and oxygen atoms in total. The Morgan fingerprint density at radius 3 is 2.50 bits per heavy atom. The fourth-order valence-corrected chi connectivity index (χ4v) is 1.11. The van der Waals surface area contributed by atoms with Crippen molar-refractivity contribution in [2.75, 3.05) is 12.0 Å². The summed E-state index contributed by atoms with van der Waals surface area (Å²) in [7, 11) is -2.90. The lowest BCUT2D eigenvalue weighted by Crippen LogP contribution is -2.21. The summed E-state index contributed by atoms with van der Waals surface area (Å²) < 4.78 is 21.1. The summed E-state index contributed by atoms with van der Waals surface area (Å²) in [6.45, 7) is 0. The Bertz CT molecular complexity index is 225. The van der Waals surface area contributed by atoms with Crippen molar-refractivity contribution in [3.05, 3.63) is 0 Å². The number of terminal acetylenes is 1. The van der Waals surface area contributed by atoms with Gasteiger partial charge in [-0.15, -0.1) is 6.42 Å². The summed E-state index contributed by atoms with van der Waals surface area (Å²) in [6, 6.07) is -0.435. The van der Waals surface area contributed by atoms with Crippen LogP contribution in [0.1, 0.15) is 6.42 Å². The van der Waals surface area contributed by atoms with Crippen molar-refractivity contribution in [2.45, 2.75) is 12.5 Å². The van der Waals surface area contributed by atoms with Crippen LogP contribution in [-0.4, -0.2) is 26.5 Å². The smallest absolute Gasteiger partial charge is 0.147 e. The molecule has 0 radical (unpaired) electrons. The van der Waals surface area contributed by atoms with Crippen LogP contribution in [0.4, 0.5) is 0 Å². The SMILES string of the molecule is C#CC(N)CCS(C)(=O)=O. The predicted molar refractivity (Wildman–Crippen MR) is 41.1 cm³/mol. The average Bonchev–Trinajstić information content (AvgIpc) is 1.81. The van der Waals surface area contributed by atoms with E-state index in [1.165, 1.54) is 0 Å². The minimum Gasteiger partial charge on any atom is -0.318 e. The number of hydrogen-bond donors (Lipinski definition) is 1. The molecule has 0 bridgehead atoms. The lowest BCUT2D eigenvalue weighted by Gasteiger charge is -2.00. The minimum atomic E-state index is -2.90. The molecule has 0 fully saturated rings. The van der Waals surface area contributed by atoms with Gasteiger partial charge in [-0.1, -0.05) is 5.92 Å². The third-order valence-electron chi connectivity index (χ3n) is 1.01. The normalized spacial score (nSPS) is 14.1. The van der Waals surface area contributed by atoms with Gasteiger partial charge in [0.25, 0.3) is 0 Å². The van der Waals surface area contributed by atoms with Crippen molar-refractivity contribution < 1.29 is 8.42 Å². The molecular formula is C6H11NO2S. The average molecular weight is 161 g/mol. The van der Waals surface area contributed by atoms with Crippen LogP contribution in [0.2, 0.25) is 0 Å². The maximum Gasteiger partial charge on any atom is 0.147 e. The minimum absolute atomic E-state index is 0.0678. The zero-order valence-corrected chi connectivity index (χ0v) is 6.69. The van der Waals surface area contributed by atoms with E-state index in [1.54, 1.807) is 0 Å². The van der Waals surface area contributed by atoms with Crippen LogP contribution >= 0.6 is 0 Å². The Balaban J connectivity index is 3.70. The Hall–Kier alpha value is -0.530. The van der Waals surface area contributed by atoms with Crippen LogP contribution in [0.15, 0.2) is 0 Å². The van der Waals surface area contributed by atoms with Crippen LogP contribution in [0, 0.1) is 12.3 Å². The van der Waals surface area contributed by atoms with Crippen molar-refractivity contribution in [1.82, 2.24) is 0 Å². The summed E-state index contributed by atoms with van der Waals surface area (Å²) in [5.41, 5.74) is 5.28. The monoisotopic (exact) mass is 161 g/mol. The van der Waals surface area contributed by atoms with Crippen LogP contribution in [0.3, 0.4) is 0 Å². The first kappa shape index (κ1) is 9.47. The molecule has 2 N–H and O–H groups in total. The fourth-order valence-electron chi connectivity index (χ4n) is 0.424. The first-order valence-corrected chi connectivity index (χ1v) is 4.91. The zero-order valence-electron chi connectivity index (χ0n) is 5.87. The Morgan fingerprint density at radius 2 is 2.20 bits per heavy atom. The van der Waals surface area contributed by atoms with Crippen molar-refractivity contribution in [1.29, 1.82) is 0 Å². The van der Waals surface area contributed by atoms with E-state index in [1.807, 2.05) is 0 Å². The summed E-state index contributed by atoms with van der Waals surface area (Å²) >= 11 is 0. The van der Waals surface area contributed by atoms with Gasteiger partial charge in [0.05, 0.1) is 11.8 Å². The Kier molecular flexibility index (Phi) is 3.40. The molecule has 0 aliphatic heterocycles. The molecule has 0 rings (SSSR count). The molecule has 0 aliphatic carbocycles. The van der Waals surface area contributed by atoms with E-state index < -0.39 is 15.9 Å². The van der Waals surface area contributed by atoms with Gasteiger partial charge in [0, 0.05) is 6.26 Å². The molecule has 0 spiro atoms. The van der Waals surface area contributed by atoms with E-state index in [0.29, 0.717) is 6.42 Å². The van der Waals surface area contributed by atoms with E-state index in [-0.39, 0.29) is 5.75 Å². The van der Waals surface area contributed by atoms with E-state index in [0.717, 1.165) is 6.26 Å². The standard InChI is InChI=1S/C6H11NO2S/c1-3-6(7)4-5-10(2,8)9/h1,6H,4-5,7H2,2H3. The maximum atomic E-state index is 10.5. The van der Waals surface area contributed by atoms with Gasteiger partial charge in [-0.25, -0.2) is 8.42 Å². The molecule has 0 aromatic rings. The number of sulfone groups is 1. The van der Waals surface area contributed by atoms with Gasteiger partial charge in [0.2, 0.25) is 0 Å². The largest absolute Gasteiger partial charge is 0.318 e. The first-order valence-electron chi connectivity index (χ1n) is 2.85. The predicted octanol–water partition coefficient (Wildman–Crippen LogP) is -0.618. The molecule has 0 aromatic carbocycles. The molecule has 0 saturated heterocycles. The quantitative estimate of drug-likeness (QED) is 0.561. The fraction of sp³-hybridized carbons (Fsp3) is 0.667. The van der Waals surface area contributed by atoms with Crippen molar-refractivity contribution in [3.8, 4) is 12.3 Å². The second-order valence-electron chi connectivity index (χ2n) is 2.19. The van der Waals surface area contributed by atoms with E-state index in [9.17, 15) is 8.42 Å². The molecule has 0 aliphatic rings. The molecule has 1 unspecified atom stereocenters. The Morgan fingerprint density at radius 1 is 1.70 bits per heavy atom. The zero-order chi connectivity index (χ0) is 8.20. The van der Waals surface area contributed by atoms with E-state index >= 15 is 0 Å². The summed E-state index contributed by atoms with van der Waals surface area (Å²) in [6.07, 6.45) is 6.44. The second kappa shape index (κ2) is 3.59. The van der Waals surface area contributed by atoms with Crippen molar-refractivity contribution in [3.63, 3.8) is 0 Å². The second-order valence-corrected chi connectivity index (χ2v) is 4.45. The highest BCUT2D eigenvalue weighted by atomic mass is 32.2. The molecular weight excluding hydrogens is 150 g/mol. The highest BCUT2D eigenvalue weighted by Gasteiger charge is 2.04. The van der Waals surface area contributed by atoms with Gasteiger partial charge in [0.1, 0.15) is 9.84 Å².